The number of aromatic amines is 1. The van der Waals surface area contributed by atoms with Gasteiger partial charge in [0.2, 0.25) is 0 Å². The Morgan fingerprint density at radius 2 is 1.97 bits per heavy atom. The van der Waals surface area contributed by atoms with Crippen LogP contribution in [0.5, 0.6) is 0 Å². The van der Waals surface area contributed by atoms with Crippen molar-refractivity contribution in [2.24, 2.45) is 0 Å². The van der Waals surface area contributed by atoms with Crippen LogP contribution in [0.1, 0.15) is 16.9 Å². The summed E-state index contributed by atoms with van der Waals surface area (Å²) >= 11 is 6.62. The molecule has 2 N–H and O–H groups in total. The van der Waals surface area contributed by atoms with E-state index in [1.807, 2.05) is 48.5 Å². The minimum atomic E-state index is -0.317. The maximum absolute atomic E-state index is 12.2. The summed E-state index contributed by atoms with van der Waals surface area (Å²) in [5.41, 5.74) is 4.13. The van der Waals surface area contributed by atoms with Crippen LogP contribution in [0.3, 0.4) is 0 Å². The van der Waals surface area contributed by atoms with Crippen molar-refractivity contribution in [1.82, 2.24) is 20.3 Å². The van der Waals surface area contributed by atoms with Crippen LogP contribution in [0.25, 0.3) is 33.5 Å². The second-order valence-corrected chi connectivity index (χ2v) is 6.75. The van der Waals surface area contributed by atoms with Gasteiger partial charge in [0, 0.05) is 23.7 Å². The van der Waals surface area contributed by atoms with Crippen LogP contribution < -0.4 is 5.32 Å². The lowest BCUT2D eigenvalue weighted by molar-refractivity contribution is 0.0949. The monoisotopic (exact) mass is 401 g/mol. The molecule has 1 amide bonds. The SMILES string of the molecule is N#CCCNC(=O)c1cccc(-c2cnc3[nH]c(-c4ccccc4)c(Cl)c3c2)n1. The number of carbonyl (C=O) groups excluding carboxylic acids is 1. The Balaban J connectivity index is 1.68. The Kier molecular flexibility index (Phi) is 5.23. The summed E-state index contributed by atoms with van der Waals surface area (Å²) in [6.45, 7) is 0.288. The lowest BCUT2D eigenvalue weighted by atomic mass is 10.1. The molecule has 0 spiro atoms. The molecule has 3 heterocycles. The molecule has 6 nitrogen and oxygen atoms in total. The average Bonchev–Trinajstić information content (AvgIpc) is 3.10. The molecule has 0 radical (unpaired) electrons. The van der Waals surface area contributed by atoms with Gasteiger partial charge in [-0.25, -0.2) is 9.97 Å². The van der Waals surface area contributed by atoms with E-state index in [0.29, 0.717) is 16.4 Å². The van der Waals surface area contributed by atoms with E-state index in [4.69, 9.17) is 16.9 Å². The number of hydrogen-bond donors (Lipinski definition) is 2. The van der Waals surface area contributed by atoms with Gasteiger partial charge in [0.05, 0.1) is 28.9 Å². The van der Waals surface area contributed by atoms with E-state index in [1.54, 1.807) is 18.3 Å². The highest BCUT2D eigenvalue weighted by molar-refractivity contribution is 6.38. The molecule has 0 atom stereocenters. The molecule has 0 saturated heterocycles. The Labute approximate surface area is 172 Å². The van der Waals surface area contributed by atoms with Crippen LogP contribution >= 0.6 is 11.6 Å². The minimum Gasteiger partial charge on any atom is -0.350 e. The summed E-state index contributed by atoms with van der Waals surface area (Å²) in [5.74, 6) is -0.317. The number of aromatic nitrogens is 3. The Morgan fingerprint density at radius 3 is 2.76 bits per heavy atom. The number of nitrogens with zero attached hydrogens (tertiary/aromatic N) is 3. The van der Waals surface area contributed by atoms with E-state index in [2.05, 4.69) is 20.3 Å². The molecule has 0 saturated carbocycles. The van der Waals surface area contributed by atoms with Gasteiger partial charge < -0.3 is 10.3 Å². The third kappa shape index (κ3) is 3.82. The molecular formula is C22H16ClN5O. The number of benzene rings is 1. The predicted molar refractivity (Wildman–Crippen MR) is 112 cm³/mol. The third-order valence-corrected chi connectivity index (χ3v) is 4.84. The molecule has 4 rings (SSSR count). The van der Waals surface area contributed by atoms with Crippen molar-refractivity contribution in [3.8, 4) is 28.6 Å². The summed E-state index contributed by atoms with van der Waals surface area (Å²) in [7, 11) is 0. The summed E-state index contributed by atoms with van der Waals surface area (Å²) < 4.78 is 0. The van der Waals surface area contributed by atoms with Gasteiger partial charge >= 0.3 is 0 Å². The fourth-order valence-corrected chi connectivity index (χ4v) is 3.33. The van der Waals surface area contributed by atoms with Gasteiger partial charge in [0.15, 0.2) is 0 Å². The molecule has 0 fully saturated rings. The molecule has 29 heavy (non-hydrogen) atoms. The van der Waals surface area contributed by atoms with Gasteiger partial charge in [-0.3, -0.25) is 4.79 Å². The van der Waals surface area contributed by atoms with Crippen LogP contribution in [0, 0.1) is 11.3 Å². The van der Waals surface area contributed by atoms with E-state index in [1.165, 1.54) is 0 Å². The number of rotatable bonds is 5. The highest BCUT2D eigenvalue weighted by atomic mass is 35.5. The van der Waals surface area contributed by atoms with Crippen molar-refractivity contribution < 1.29 is 4.79 Å². The average molecular weight is 402 g/mol. The minimum absolute atomic E-state index is 0.252. The molecular weight excluding hydrogens is 386 g/mol. The number of nitrogens with one attached hydrogen (secondary N) is 2. The van der Waals surface area contributed by atoms with Crippen molar-refractivity contribution >= 4 is 28.5 Å². The zero-order valence-electron chi connectivity index (χ0n) is 15.3. The highest BCUT2D eigenvalue weighted by Gasteiger charge is 2.14. The zero-order chi connectivity index (χ0) is 20.2. The fourth-order valence-electron chi connectivity index (χ4n) is 3.03. The maximum Gasteiger partial charge on any atom is 0.269 e. The van der Waals surface area contributed by atoms with Crippen molar-refractivity contribution in [3.63, 3.8) is 0 Å². The summed E-state index contributed by atoms with van der Waals surface area (Å²) in [5, 5.41) is 12.6. The number of halogens is 1. The van der Waals surface area contributed by atoms with Gasteiger partial charge in [0.25, 0.3) is 5.91 Å². The normalized spacial score (nSPS) is 10.6. The first kappa shape index (κ1) is 18.7. The van der Waals surface area contributed by atoms with E-state index in [0.717, 1.165) is 22.2 Å². The lowest BCUT2D eigenvalue weighted by Gasteiger charge is -2.05. The number of amides is 1. The van der Waals surface area contributed by atoms with E-state index in [-0.39, 0.29) is 24.6 Å². The van der Waals surface area contributed by atoms with Gasteiger partial charge in [-0.2, -0.15) is 5.26 Å². The molecule has 0 aliphatic rings. The predicted octanol–water partition coefficient (Wildman–Crippen LogP) is 4.59. The molecule has 0 aliphatic carbocycles. The van der Waals surface area contributed by atoms with Crippen LogP contribution in [0.15, 0.2) is 60.8 Å². The van der Waals surface area contributed by atoms with E-state index >= 15 is 0 Å². The smallest absolute Gasteiger partial charge is 0.269 e. The fraction of sp³-hybridized carbons (Fsp3) is 0.0909. The number of H-pyrrole nitrogens is 1. The first-order valence-corrected chi connectivity index (χ1v) is 9.40. The van der Waals surface area contributed by atoms with E-state index < -0.39 is 0 Å². The highest BCUT2D eigenvalue weighted by Crippen LogP contribution is 2.35. The molecule has 7 heteroatoms. The van der Waals surface area contributed by atoms with Crippen LogP contribution in [-0.2, 0) is 0 Å². The van der Waals surface area contributed by atoms with Gasteiger partial charge in [-0.05, 0) is 23.8 Å². The maximum atomic E-state index is 12.2. The molecule has 1 aromatic carbocycles. The van der Waals surface area contributed by atoms with Crippen molar-refractivity contribution in [2.45, 2.75) is 6.42 Å². The van der Waals surface area contributed by atoms with Crippen LogP contribution in [0.2, 0.25) is 5.02 Å². The molecule has 4 aromatic rings. The Bertz CT molecular complexity index is 1230. The standard InChI is InChI=1S/C22H16ClN5O/c23-19-16-12-15(13-26-21(16)28-20(19)14-6-2-1-3-7-14)17-8-4-9-18(27-17)22(29)25-11-5-10-24/h1-4,6-9,12-13H,5,11H2,(H,25,29)(H,26,28). The van der Waals surface area contributed by atoms with Crippen molar-refractivity contribution in [3.05, 3.63) is 71.5 Å². The number of nitriles is 1. The quantitative estimate of drug-likeness (QED) is 0.478. The van der Waals surface area contributed by atoms with Crippen molar-refractivity contribution in [1.29, 1.82) is 5.26 Å². The number of hydrogen-bond acceptors (Lipinski definition) is 4. The Hall–Kier alpha value is -3.69. The number of carbonyl (C=O) groups is 1. The molecule has 0 bridgehead atoms. The summed E-state index contributed by atoms with van der Waals surface area (Å²) in [6.07, 6.45) is 1.95. The van der Waals surface area contributed by atoms with Gasteiger partial charge in [0.1, 0.15) is 11.3 Å². The molecule has 0 aliphatic heterocycles. The lowest BCUT2D eigenvalue weighted by Crippen LogP contribution is -2.25. The van der Waals surface area contributed by atoms with Crippen molar-refractivity contribution in [2.75, 3.05) is 6.54 Å². The van der Waals surface area contributed by atoms with Gasteiger partial charge in [-0.1, -0.05) is 48.0 Å². The third-order valence-electron chi connectivity index (χ3n) is 4.45. The largest absolute Gasteiger partial charge is 0.350 e. The van der Waals surface area contributed by atoms with E-state index in [9.17, 15) is 4.79 Å². The number of fused-ring (bicyclic) bond motifs is 1. The van der Waals surface area contributed by atoms with Crippen LogP contribution in [-0.4, -0.2) is 27.4 Å². The first-order valence-electron chi connectivity index (χ1n) is 9.02. The topological polar surface area (TPSA) is 94.5 Å². The van der Waals surface area contributed by atoms with Crippen LogP contribution in [0.4, 0.5) is 0 Å². The summed E-state index contributed by atoms with van der Waals surface area (Å²) in [6, 6.07) is 18.9. The first-order chi connectivity index (χ1) is 14.2. The molecule has 142 valence electrons. The van der Waals surface area contributed by atoms with Gasteiger partial charge in [-0.15, -0.1) is 0 Å². The molecule has 0 unspecified atom stereocenters. The summed E-state index contributed by atoms with van der Waals surface area (Å²) in [4.78, 5) is 24.4. The molecule has 3 aromatic heterocycles. The zero-order valence-corrected chi connectivity index (χ0v) is 16.1. The Morgan fingerprint density at radius 1 is 1.14 bits per heavy atom. The second-order valence-electron chi connectivity index (χ2n) is 6.37. The second kappa shape index (κ2) is 8.13. The number of pyridine rings is 2.